The van der Waals surface area contributed by atoms with Crippen LogP contribution in [0.3, 0.4) is 0 Å². The second-order valence-electron chi connectivity index (χ2n) is 3.87. The SMILES string of the molecule is Ic1ccc(CNCCCOCc2ccco2)o1. The molecule has 4 nitrogen and oxygen atoms in total. The first-order chi connectivity index (χ1) is 8.84. The molecule has 2 aromatic rings. The van der Waals surface area contributed by atoms with E-state index in [2.05, 4.69) is 27.9 Å². The van der Waals surface area contributed by atoms with Gasteiger partial charge in [0.25, 0.3) is 0 Å². The molecule has 2 rings (SSSR count). The fraction of sp³-hybridized carbons (Fsp3) is 0.385. The molecular weight excluding hydrogens is 345 g/mol. The molecule has 0 aromatic carbocycles. The summed E-state index contributed by atoms with van der Waals surface area (Å²) in [6.45, 7) is 2.95. The summed E-state index contributed by atoms with van der Waals surface area (Å²) in [4.78, 5) is 0. The standard InChI is InChI=1S/C13H16INO3/c14-13-5-4-11(18-13)9-15-6-2-7-16-10-12-3-1-8-17-12/h1,3-5,8,15H,2,6-7,9-10H2. The number of hydrogen-bond donors (Lipinski definition) is 1. The van der Waals surface area contributed by atoms with Gasteiger partial charge in [0.15, 0.2) is 3.77 Å². The van der Waals surface area contributed by atoms with Gasteiger partial charge in [-0.05, 0) is 59.8 Å². The van der Waals surface area contributed by atoms with E-state index >= 15 is 0 Å². The third kappa shape index (κ3) is 4.83. The van der Waals surface area contributed by atoms with Crippen molar-refractivity contribution in [3.63, 3.8) is 0 Å². The van der Waals surface area contributed by atoms with Gasteiger partial charge in [0, 0.05) is 6.61 Å². The summed E-state index contributed by atoms with van der Waals surface area (Å²) >= 11 is 2.16. The molecule has 98 valence electrons. The molecule has 0 atom stereocenters. The predicted molar refractivity (Wildman–Crippen MR) is 76.1 cm³/mol. The lowest BCUT2D eigenvalue weighted by atomic mass is 10.4. The Balaban J connectivity index is 1.46. The van der Waals surface area contributed by atoms with Crippen molar-refractivity contribution in [3.8, 4) is 0 Å². The third-order valence-electron chi connectivity index (χ3n) is 2.39. The maximum Gasteiger partial charge on any atom is 0.164 e. The molecule has 0 radical (unpaired) electrons. The predicted octanol–water partition coefficient (Wildman–Crippen LogP) is 3.17. The number of nitrogens with one attached hydrogen (secondary N) is 1. The molecule has 1 N–H and O–H groups in total. The molecule has 0 spiro atoms. The van der Waals surface area contributed by atoms with Gasteiger partial charge in [-0.2, -0.15) is 0 Å². The molecule has 0 bridgehead atoms. The quantitative estimate of drug-likeness (QED) is 0.580. The first kappa shape index (κ1) is 13.6. The molecule has 0 unspecified atom stereocenters. The van der Waals surface area contributed by atoms with E-state index in [0.717, 1.165) is 41.4 Å². The zero-order valence-electron chi connectivity index (χ0n) is 10.0. The van der Waals surface area contributed by atoms with Crippen LogP contribution in [0.15, 0.2) is 39.4 Å². The average Bonchev–Trinajstić information content (AvgIpc) is 3.00. The molecule has 0 aliphatic heterocycles. The molecule has 18 heavy (non-hydrogen) atoms. The maximum atomic E-state index is 5.48. The lowest BCUT2D eigenvalue weighted by Crippen LogP contribution is -2.15. The summed E-state index contributed by atoms with van der Waals surface area (Å²) in [5.74, 6) is 1.84. The molecule has 0 aliphatic rings. The van der Waals surface area contributed by atoms with Gasteiger partial charge in [-0.15, -0.1) is 0 Å². The Bertz CT molecular complexity index is 439. The van der Waals surface area contributed by atoms with Gasteiger partial charge in [-0.1, -0.05) is 0 Å². The van der Waals surface area contributed by atoms with Crippen molar-refractivity contribution in [2.45, 2.75) is 19.6 Å². The van der Waals surface area contributed by atoms with Crippen molar-refractivity contribution in [1.82, 2.24) is 5.32 Å². The van der Waals surface area contributed by atoms with Crippen LogP contribution in [0.25, 0.3) is 0 Å². The highest BCUT2D eigenvalue weighted by atomic mass is 127. The van der Waals surface area contributed by atoms with Gasteiger partial charge in [-0.25, -0.2) is 0 Å². The van der Waals surface area contributed by atoms with E-state index in [1.807, 2.05) is 24.3 Å². The van der Waals surface area contributed by atoms with Crippen LogP contribution >= 0.6 is 22.6 Å². The summed E-state index contributed by atoms with van der Waals surface area (Å²) in [6, 6.07) is 7.73. The summed E-state index contributed by atoms with van der Waals surface area (Å²) in [5, 5.41) is 3.31. The molecule has 0 fully saturated rings. The minimum atomic E-state index is 0.545. The van der Waals surface area contributed by atoms with E-state index < -0.39 is 0 Å². The van der Waals surface area contributed by atoms with Crippen molar-refractivity contribution in [2.75, 3.05) is 13.2 Å². The zero-order chi connectivity index (χ0) is 12.6. The van der Waals surface area contributed by atoms with Crippen molar-refractivity contribution < 1.29 is 13.6 Å². The van der Waals surface area contributed by atoms with Crippen molar-refractivity contribution >= 4 is 22.6 Å². The van der Waals surface area contributed by atoms with E-state index in [0.29, 0.717) is 6.61 Å². The molecule has 5 heteroatoms. The molecule has 0 amide bonds. The first-order valence-electron chi connectivity index (χ1n) is 5.89. The van der Waals surface area contributed by atoms with Crippen molar-refractivity contribution in [2.24, 2.45) is 0 Å². The van der Waals surface area contributed by atoms with E-state index in [9.17, 15) is 0 Å². The molecule has 2 aromatic heterocycles. The van der Waals surface area contributed by atoms with Gasteiger partial charge in [0.05, 0.1) is 12.8 Å². The second kappa shape index (κ2) is 7.60. The smallest absolute Gasteiger partial charge is 0.164 e. The highest BCUT2D eigenvalue weighted by Gasteiger charge is 1.98. The monoisotopic (exact) mass is 361 g/mol. The van der Waals surface area contributed by atoms with Crippen LogP contribution in [-0.2, 0) is 17.9 Å². The number of halogens is 1. The summed E-state index contributed by atoms with van der Waals surface area (Å²) in [7, 11) is 0. The minimum absolute atomic E-state index is 0.545. The van der Waals surface area contributed by atoms with E-state index in [-0.39, 0.29) is 0 Å². The fourth-order valence-corrected chi connectivity index (χ4v) is 1.99. The van der Waals surface area contributed by atoms with Crippen LogP contribution < -0.4 is 5.32 Å². The highest BCUT2D eigenvalue weighted by molar-refractivity contribution is 14.1. The zero-order valence-corrected chi connectivity index (χ0v) is 12.2. The highest BCUT2D eigenvalue weighted by Crippen LogP contribution is 2.09. The Kier molecular flexibility index (Phi) is 5.76. The van der Waals surface area contributed by atoms with E-state index in [4.69, 9.17) is 13.6 Å². The van der Waals surface area contributed by atoms with Crippen molar-refractivity contribution in [1.29, 1.82) is 0 Å². The Labute approximate surface area is 120 Å². The lowest BCUT2D eigenvalue weighted by molar-refractivity contribution is 0.104. The summed E-state index contributed by atoms with van der Waals surface area (Å²) in [6.07, 6.45) is 2.63. The normalized spacial score (nSPS) is 10.9. The molecule has 0 saturated carbocycles. The number of ether oxygens (including phenoxy) is 1. The number of hydrogen-bond acceptors (Lipinski definition) is 4. The van der Waals surface area contributed by atoms with Crippen LogP contribution in [0.2, 0.25) is 0 Å². The lowest BCUT2D eigenvalue weighted by Gasteiger charge is -2.03. The van der Waals surface area contributed by atoms with Gasteiger partial charge in [-0.3, -0.25) is 0 Å². The Morgan fingerprint density at radius 2 is 2.17 bits per heavy atom. The topological polar surface area (TPSA) is 47.5 Å². The molecular formula is C13H16INO3. The van der Waals surface area contributed by atoms with Gasteiger partial charge in [0.2, 0.25) is 0 Å². The van der Waals surface area contributed by atoms with Crippen molar-refractivity contribution in [3.05, 3.63) is 45.8 Å². The third-order valence-corrected chi connectivity index (χ3v) is 2.97. The fourth-order valence-electron chi connectivity index (χ4n) is 1.53. The van der Waals surface area contributed by atoms with Crippen LogP contribution in [0.4, 0.5) is 0 Å². The first-order valence-corrected chi connectivity index (χ1v) is 6.97. The van der Waals surface area contributed by atoms with Gasteiger partial charge >= 0.3 is 0 Å². The van der Waals surface area contributed by atoms with Crippen LogP contribution in [0.1, 0.15) is 17.9 Å². The van der Waals surface area contributed by atoms with Crippen LogP contribution in [0, 0.1) is 3.77 Å². The van der Waals surface area contributed by atoms with Gasteiger partial charge < -0.3 is 18.9 Å². The van der Waals surface area contributed by atoms with Gasteiger partial charge in [0.1, 0.15) is 18.1 Å². The Morgan fingerprint density at radius 3 is 2.89 bits per heavy atom. The van der Waals surface area contributed by atoms with E-state index in [1.165, 1.54) is 0 Å². The van der Waals surface area contributed by atoms with E-state index in [1.54, 1.807) is 6.26 Å². The number of furan rings is 2. The summed E-state index contributed by atoms with van der Waals surface area (Å²) in [5.41, 5.74) is 0. The second-order valence-corrected chi connectivity index (χ2v) is 4.93. The Hall–Kier alpha value is -0.790. The largest absolute Gasteiger partial charge is 0.467 e. The summed E-state index contributed by atoms with van der Waals surface area (Å²) < 4.78 is 17.0. The molecule has 0 aliphatic carbocycles. The molecule has 2 heterocycles. The Morgan fingerprint density at radius 1 is 1.22 bits per heavy atom. The average molecular weight is 361 g/mol. The maximum absolute atomic E-state index is 5.48. The molecule has 0 saturated heterocycles. The minimum Gasteiger partial charge on any atom is -0.467 e. The van der Waals surface area contributed by atoms with Crippen LogP contribution in [-0.4, -0.2) is 13.2 Å². The number of rotatable bonds is 8. The van der Waals surface area contributed by atoms with Crippen LogP contribution in [0.5, 0.6) is 0 Å².